The van der Waals surface area contributed by atoms with Gasteiger partial charge in [-0.2, -0.15) is 0 Å². The van der Waals surface area contributed by atoms with Crippen molar-refractivity contribution in [3.05, 3.63) is 60.4 Å². The fourth-order valence-corrected chi connectivity index (χ4v) is 3.04. The Morgan fingerprint density at radius 2 is 1.87 bits per heavy atom. The molecule has 0 aliphatic rings. The summed E-state index contributed by atoms with van der Waals surface area (Å²) in [5.41, 5.74) is 2.10. The highest BCUT2D eigenvalue weighted by Gasteiger charge is 2.09. The number of para-hydroxylation sites is 1. The maximum Gasteiger partial charge on any atom is 0.119 e. The van der Waals surface area contributed by atoms with Crippen LogP contribution in [0.5, 0.6) is 5.75 Å². The summed E-state index contributed by atoms with van der Waals surface area (Å²) in [5, 5.41) is 12.0. The molecule has 0 amide bonds. The number of aliphatic hydroxyl groups is 1. The summed E-state index contributed by atoms with van der Waals surface area (Å²) in [6.07, 6.45) is 0.995. The summed E-state index contributed by atoms with van der Waals surface area (Å²) in [4.78, 5) is 8.55. The van der Waals surface area contributed by atoms with Crippen LogP contribution in [0.3, 0.4) is 0 Å². The minimum atomic E-state index is -0.560. The zero-order valence-electron chi connectivity index (χ0n) is 12.8. The molecule has 3 aromatic rings. The largest absolute Gasteiger partial charge is 0.491 e. The Bertz CT molecular complexity index is 772. The van der Waals surface area contributed by atoms with E-state index in [0.29, 0.717) is 5.75 Å². The van der Waals surface area contributed by atoms with Crippen LogP contribution >= 0.6 is 11.8 Å². The van der Waals surface area contributed by atoms with E-state index < -0.39 is 6.10 Å². The fourth-order valence-electron chi connectivity index (χ4n) is 2.15. The molecular formula is C18H18N2O2S. The molecule has 2 aromatic carbocycles. The van der Waals surface area contributed by atoms with Crippen LogP contribution in [-0.4, -0.2) is 33.5 Å². The van der Waals surface area contributed by atoms with Crippen molar-refractivity contribution in [2.45, 2.75) is 18.1 Å². The SMILES string of the molecule is Cc1ccc(OC[C@H](O)CSc2ncnc3ccccc23)cc1. The lowest BCUT2D eigenvalue weighted by molar-refractivity contribution is 0.126. The number of rotatable bonds is 6. The molecule has 118 valence electrons. The zero-order chi connectivity index (χ0) is 16.1. The Kier molecular flexibility index (Phi) is 5.10. The first-order valence-electron chi connectivity index (χ1n) is 7.42. The van der Waals surface area contributed by atoms with Crippen LogP contribution in [0, 0.1) is 6.92 Å². The van der Waals surface area contributed by atoms with Gasteiger partial charge in [0.1, 0.15) is 23.7 Å². The molecule has 0 unspecified atom stereocenters. The van der Waals surface area contributed by atoms with E-state index in [2.05, 4.69) is 9.97 Å². The highest BCUT2D eigenvalue weighted by atomic mass is 32.2. The van der Waals surface area contributed by atoms with Gasteiger partial charge in [0.15, 0.2) is 0 Å². The van der Waals surface area contributed by atoms with Gasteiger partial charge in [-0.25, -0.2) is 9.97 Å². The average Bonchev–Trinajstić information content (AvgIpc) is 2.59. The number of benzene rings is 2. The molecule has 5 heteroatoms. The van der Waals surface area contributed by atoms with Crippen molar-refractivity contribution in [2.75, 3.05) is 12.4 Å². The van der Waals surface area contributed by atoms with Crippen molar-refractivity contribution in [3.63, 3.8) is 0 Å². The minimum Gasteiger partial charge on any atom is -0.491 e. The summed E-state index contributed by atoms with van der Waals surface area (Å²) < 4.78 is 5.60. The third-order valence-electron chi connectivity index (χ3n) is 3.38. The summed E-state index contributed by atoms with van der Waals surface area (Å²) in [7, 11) is 0. The standard InChI is InChI=1S/C18H18N2O2S/c1-13-6-8-15(9-7-13)22-10-14(21)11-23-18-16-4-2-3-5-17(16)19-12-20-18/h2-9,12,14,21H,10-11H2,1H3/t14-/m0/s1. The van der Waals surface area contributed by atoms with Crippen molar-refractivity contribution in [1.82, 2.24) is 9.97 Å². The van der Waals surface area contributed by atoms with Gasteiger partial charge >= 0.3 is 0 Å². The molecule has 0 saturated heterocycles. The van der Waals surface area contributed by atoms with Gasteiger partial charge in [-0.1, -0.05) is 35.9 Å². The molecule has 1 aromatic heterocycles. The summed E-state index contributed by atoms with van der Waals surface area (Å²) in [5.74, 6) is 1.29. The summed E-state index contributed by atoms with van der Waals surface area (Å²) in [6, 6.07) is 15.7. The minimum absolute atomic E-state index is 0.263. The third-order valence-corrected chi connectivity index (χ3v) is 4.53. The normalized spacial score (nSPS) is 12.3. The van der Waals surface area contributed by atoms with Crippen LogP contribution < -0.4 is 4.74 Å². The molecule has 0 fully saturated rings. The topological polar surface area (TPSA) is 55.2 Å². The molecule has 0 radical (unpaired) electrons. The smallest absolute Gasteiger partial charge is 0.119 e. The molecule has 0 aliphatic carbocycles. The first kappa shape index (κ1) is 15.8. The highest BCUT2D eigenvalue weighted by molar-refractivity contribution is 7.99. The third kappa shape index (κ3) is 4.21. The molecule has 1 N–H and O–H groups in total. The molecule has 1 atom stereocenters. The number of thioether (sulfide) groups is 1. The van der Waals surface area contributed by atoms with Crippen LogP contribution in [0.2, 0.25) is 0 Å². The number of aromatic nitrogens is 2. The molecular weight excluding hydrogens is 308 g/mol. The number of aliphatic hydroxyl groups excluding tert-OH is 1. The molecule has 0 saturated carbocycles. The second-order valence-electron chi connectivity index (χ2n) is 5.28. The van der Waals surface area contributed by atoms with E-state index in [4.69, 9.17) is 4.74 Å². The second-order valence-corrected chi connectivity index (χ2v) is 6.29. The van der Waals surface area contributed by atoms with E-state index in [-0.39, 0.29) is 6.61 Å². The predicted molar refractivity (Wildman–Crippen MR) is 92.9 cm³/mol. The van der Waals surface area contributed by atoms with Crippen LogP contribution in [-0.2, 0) is 0 Å². The lowest BCUT2D eigenvalue weighted by Gasteiger charge is -2.12. The van der Waals surface area contributed by atoms with Gasteiger partial charge < -0.3 is 9.84 Å². The lowest BCUT2D eigenvalue weighted by atomic mass is 10.2. The van der Waals surface area contributed by atoms with E-state index in [0.717, 1.165) is 21.7 Å². The van der Waals surface area contributed by atoms with Gasteiger partial charge in [0.05, 0.1) is 11.6 Å². The van der Waals surface area contributed by atoms with E-state index in [9.17, 15) is 5.11 Å². The lowest BCUT2D eigenvalue weighted by Crippen LogP contribution is -2.20. The number of hydrogen-bond acceptors (Lipinski definition) is 5. The van der Waals surface area contributed by atoms with Gasteiger partial charge in [-0.05, 0) is 25.1 Å². The summed E-state index contributed by atoms with van der Waals surface area (Å²) >= 11 is 1.51. The fraction of sp³-hybridized carbons (Fsp3) is 0.222. The van der Waals surface area contributed by atoms with E-state index in [1.807, 2.05) is 55.5 Å². The Morgan fingerprint density at radius 3 is 2.70 bits per heavy atom. The monoisotopic (exact) mass is 326 g/mol. The number of fused-ring (bicyclic) bond motifs is 1. The zero-order valence-corrected chi connectivity index (χ0v) is 13.7. The van der Waals surface area contributed by atoms with Crippen LogP contribution in [0.1, 0.15) is 5.56 Å². The van der Waals surface area contributed by atoms with Gasteiger partial charge in [-0.15, -0.1) is 11.8 Å². The van der Waals surface area contributed by atoms with E-state index in [1.54, 1.807) is 6.33 Å². The van der Waals surface area contributed by atoms with E-state index >= 15 is 0 Å². The molecule has 23 heavy (non-hydrogen) atoms. The molecule has 0 aliphatic heterocycles. The van der Waals surface area contributed by atoms with Crippen molar-refractivity contribution in [2.24, 2.45) is 0 Å². The average molecular weight is 326 g/mol. The van der Waals surface area contributed by atoms with Crippen LogP contribution in [0.4, 0.5) is 0 Å². The van der Waals surface area contributed by atoms with Gasteiger partial charge in [0.2, 0.25) is 0 Å². The number of hydrogen-bond donors (Lipinski definition) is 1. The van der Waals surface area contributed by atoms with E-state index in [1.165, 1.54) is 17.3 Å². The predicted octanol–water partition coefficient (Wildman–Crippen LogP) is 3.47. The van der Waals surface area contributed by atoms with Crippen molar-refractivity contribution in [3.8, 4) is 5.75 Å². The molecule has 3 rings (SSSR count). The maximum absolute atomic E-state index is 10.1. The van der Waals surface area contributed by atoms with Crippen molar-refractivity contribution in [1.29, 1.82) is 0 Å². The number of nitrogens with zero attached hydrogens (tertiary/aromatic N) is 2. The van der Waals surface area contributed by atoms with Crippen molar-refractivity contribution < 1.29 is 9.84 Å². The summed E-state index contributed by atoms with van der Waals surface area (Å²) in [6.45, 7) is 2.29. The first-order chi connectivity index (χ1) is 11.2. The van der Waals surface area contributed by atoms with Gasteiger partial charge in [-0.3, -0.25) is 0 Å². The first-order valence-corrected chi connectivity index (χ1v) is 8.41. The van der Waals surface area contributed by atoms with Crippen LogP contribution in [0.25, 0.3) is 10.9 Å². The molecule has 1 heterocycles. The second kappa shape index (κ2) is 7.44. The molecule has 4 nitrogen and oxygen atoms in total. The number of ether oxygens (including phenoxy) is 1. The van der Waals surface area contributed by atoms with Gasteiger partial charge in [0, 0.05) is 11.1 Å². The maximum atomic E-state index is 10.1. The molecule has 0 bridgehead atoms. The van der Waals surface area contributed by atoms with Crippen LogP contribution in [0.15, 0.2) is 59.9 Å². The Labute approximate surface area is 139 Å². The number of aryl methyl sites for hydroxylation is 1. The Balaban J connectivity index is 1.56. The Hall–Kier alpha value is -2.11. The molecule has 0 spiro atoms. The van der Waals surface area contributed by atoms with Gasteiger partial charge in [0.25, 0.3) is 0 Å². The van der Waals surface area contributed by atoms with Crippen molar-refractivity contribution >= 4 is 22.7 Å². The highest BCUT2D eigenvalue weighted by Crippen LogP contribution is 2.24. The quantitative estimate of drug-likeness (QED) is 0.555. The Morgan fingerprint density at radius 1 is 1.09 bits per heavy atom.